The van der Waals surface area contributed by atoms with Crippen molar-refractivity contribution in [1.29, 1.82) is 0 Å². The molecule has 1 aliphatic heterocycles. The summed E-state index contributed by atoms with van der Waals surface area (Å²) in [5.41, 5.74) is 3.59. The smallest absolute Gasteiger partial charge is 0.237 e. The highest BCUT2D eigenvalue weighted by molar-refractivity contribution is 8.00. The van der Waals surface area contributed by atoms with Crippen LogP contribution in [0, 0.1) is 0 Å². The van der Waals surface area contributed by atoms with Gasteiger partial charge in [-0.1, -0.05) is 19.4 Å². The quantitative estimate of drug-likeness (QED) is 0.775. The molecular formula is C17H26N2OS. The van der Waals surface area contributed by atoms with Gasteiger partial charge in [0.25, 0.3) is 0 Å². The number of nitrogens with one attached hydrogen (secondary N) is 1. The third-order valence-electron chi connectivity index (χ3n) is 3.96. The highest BCUT2D eigenvalue weighted by Gasteiger charge is 2.19. The largest absolute Gasteiger partial charge is 0.371 e. The van der Waals surface area contributed by atoms with Crippen LogP contribution >= 0.6 is 11.8 Å². The molecule has 1 aromatic rings. The van der Waals surface area contributed by atoms with E-state index in [0.29, 0.717) is 0 Å². The van der Waals surface area contributed by atoms with Crippen molar-refractivity contribution in [3.8, 4) is 0 Å². The maximum Gasteiger partial charge on any atom is 0.237 e. The summed E-state index contributed by atoms with van der Waals surface area (Å²) in [6.07, 6.45) is 3.46. The van der Waals surface area contributed by atoms with Gasteiger partial charge in [-0.05, 0) is 50.1 Å². The van der Waals surface area contributed by atoms with Gasteiger partial charge in [0.1, 0.15) is 0 Å². The second-order valence-corrected chi connectivity index (χ2v) is 6.98. The first-order valence-electron chi connectivity index (χ1n) is 7.96. The van der Waals surface area contributed by atoms with Crippen molar-refractivity contribution in [2.45, 2.75) is 45.3 Å². The summed E-state index contributed by atoms with van der Waals surface area (Å²) in [6.45, 7) is 8.45. The number of anilines is 2. The zero-order chi connectivity index (χ0) is 15.2. The molecule has 1 aliphatic rings. The average molecular weight is 306 g/mol. The first kappa shape index (κ1) is 16.2. The molecular weight excluding hydrogens is 280 g/mol. The number of carbonyl (C=O) groups is 1. The molecule has 4 heteroatoms. The topological polar surface area (TPSA) is 32.3 Å². The lowest BCUT2D eigenvalue weighted by molar-refractivity contribution is -0.115. The number of amides is 1. The van der Waals surface area contributed by atoms with E-state index in [0.717, 1.165) is 31.0 Å². The lowest BCUT2D eigenvalue weighted by atomic mass is 10.1. The van der Waals surface area contributed by atoms with Crippen molar-refractivity contribution in [2.75, 3.05) is 29.1 Å². The molecule has 0 aliphatic carbocycles. The summed E-state index contributed by atoms with van der Waals surface area (Å²) >= 11 is 1.74. The number of hydrogen-bond donors (Lipinski definition) is 1. The number of rotatable bonds is 7. The number of benzene rings is 1. The van der Waals surface area contributed by atoms with Crippen molar-refractivity contribution in [1.82, 2.24) is 0 Å². The number of likely N-dealkylation sites (N-methyl/N-ethyl adjacent to an activating group) is 1. The zero-order valence-corrected chi connectivity index (χ0v) is 14.1. The minimum Gasteiger partial charge on any atom is -0.371 e. The lowest BCUT2D eigenvalue weighted by Crippen LogP contribution is -2.23. The third-order valence-corrected chi connectivity index (χ3v) is 5.20. The number of hydrogen-bond acceptors (Lipinski definition) is 3. The van der Waals surface area contributed by atoms with E-state index in [9.17, 15) is 4.79 Å². The molecule has 0 spiro atoms. The summed E-state index contributed by atoms with van der Waals surface area (Å²) < 4.78 is 0. The number of carbonyl (C=O) groups excluding carboxylic acids is 1. The summed E-state index contributed by atoms with van der Waals surface area (Å²) in [7, 11) is 0. The summed E-state index contributed by atoms with van der Waals surface area (Å²) in [5.74, 6) is 1.16. The van der Waals surface area contributed by atoms with E-state index >= 15 is 0 Å². The third kappa shape index (κ3) is 4.16. The van der Waals surface area contributed by atoms with Crippen LogP contribution in [0.3, 0.4) is 0 Å². The first-order valence-corrected chi connectivity index (χ1v) is 9.01. The van der Waals surface area contributed by atoms with Crippen LogP contribution in [0.15, 0.2) is 18.2 Å². The predicted molar refractivity (Wildman–Crippen MR) is 93.5 cm³/mol. The fourth-order valence-corrected chi connectivity index (χ4v) is 3.59. The number of nitrogens with zero attached hydrogens (tertiary/aromatic N) is 1. The second kappa shape index (κ2) is 7.74. The van der Waals surface area contributed by atoms with E-state index in [1.807, 2.05) is 13.0 Å². The molecule has 0 saturated carbocycles. The van der Waals surface area contributed by atoms with Gasteiger partial charge >= 0.3 is 0 Å². The van der Waals surface area contributed by atoms with Crippen molar-refractivity contribution in [3.05, 3.63) is 23.8 Å². The van der Waals surface area contributed by atoms with E-state index in [1.165, 1.54) is 24.1 Å². The zero-order valence-electron chi connectivity index (χ0n) is 13.3. The Morgan fingerprint density at radius 3 is 2.95 bits per heavy atom. The predicted octanol–water partition coefficient (Wildman–Crippen LogP) is 3.93. The first-order chi connectivity index (χ1) is 10.2. The molecule has 1 unspecified atom stereocenters. The molecule has 2 rings (SSSR count). The second-order valence-electron chi connectivity index (χ2n) is 5.53. The molecule has 1 atom stereocenters. The Kier molecular flexibility index (Phi) is 5.97. The highest BCUT2D eigenvalue weighted by Crippen LogP contribution is 2.30. The molecule has 0 radical (unpaired) electrons. The molecule has 0 bridgehead atoms. The average Bonchev–Trinajstić information content (AvgIpc) is 2.89. The lowest BCUT2D eigenvalue weighted by Gasteiger charge is -2.18. The Morgan fingerprint density at radius 1 is 1.43 bits per heavy atom. The van der Waals surface area contributed by atoms with E-state index in [1.54, 1.807) is 11.8 Å². The number of thioether (sulfide) groups is 1. The fraction of sp³-hybridized carbons (Fsp3) is 0.588. The van der Waals surface area contributed by atoms with E-state index in [2.05, 4.69) is 36.2 Å². The molecule has 21 heavy (non-hydrogen) atoms. The molecule has 1 aromatic carbocycles. The molecule has 0 fully saturated rings. The molecule has 1 N–H and O–H groups in total. The van der Waals surface area contributed by atoms with Crippen molar-refractivity contribution in [2.24, 2.45) is 0 Å². The van der Waals surface area contributed by atoms with Gasteiger partial charge in [-0.15, -0.1) is 11.8 Å². The van der Waals surface area contributed by atoms with Crippen molar-refractivity contribution < 1.29 is 4.79 Å². The SMILES string of the molecule is CCCCSC(C)C(=O)Nc1ccc2c(c1)N(CC)CC2. The van der Waals surface area contributed by atoms with E-state index in [-0.39, 0.29) is 11.2 Å². The van der Waals surface area contributed by atoms with Crippen LogP contribution in [0.25, 0.3) is 0 Å². The van der Waals surface area contributed by atoms with Gasteiger partial charge in [0.2, 0.25) is 5.91 Å². The standard InChI is InChI=1S/C17H26N2OS/c1-4-6-11-21-13(3)17(20)18-15-8-7-14-9-10-19(5-2)16(14)12-15/h7-8,12-13H,4-6,9-11H2,1-3H3,(H,18,20). The van der Waals surface area contributed by atoms with E-state index < -0.39 is 0 Å². The van der Waals surface area contributed by atoms with Gasteiger partial charge in [-0.3, -0.25) is 4.79 Å². The van der Waals surface area contributed by atoms with Crippen molar-refractivity contribution >= 4 is 29.0 Å². The Labute approximate surface area is 132 Å². The Morgan fingerprint density at radius 2 is 2.24 bits per heavy atom. The van der Waals surface area contributed by atoms with Crippen LogP contribution in [0.4, 0.5) is 11.4 Å². The van der Waals surface area contributed by atoms with Gasteiger partial charge in [-0.2, -0.15) is 0 Å². The molecule has 0 aromatic heterocycles. The minimum atomic E-state index is 0.00656. The van der Waals surface area contributed by atoms with Gasteiger partial charge in [-0.25, -0.2) is 0 Å². The normalized spacial score (nSPS) is 14.9. The summed E-state index contributed by atoms with van der Waals surface area (Å²) in [5, 5.41) is 3.06. The number of unbranched alkanes of at least 4 members (excludes halogenated alkanes) is 1. The molecule has 3 nitrogen and oxygen atoms in total. The minimum absolute atomic E-state index is 0.00656. The monoisotopic (exact) mass is 306 g/mol. The van der Waals surface area contributed by atoms with Crippen LogP contribution in [-0.4, -0.2) is 30.0 Å². The van der Waals surface area contributed by atoms with Crippen molar-refractivity contribution in [3.63, 3.8) is 0 Å². The maximum absolute atomic E-state index is 12.2. The van der Waals surface area contributed by atoms with Crippen LogP contribution < -0.4 is 10.2 Å². The Hall–Kier alpha value is -1.16. The fourth-order valence-electron chi connectivity index (χ4n) is 2.58. The highest BCUT2D eigenvalue weighted by atomic mass is 32.2. The van der Waals surface area contributed by atoms with Crippen LogP contribution in [0.1, 0.15) is 39.2 Å². The summed E-state index contributed by atoms with van der Waals surface area (Å²) in [6, 6.07) is 6.29. The van der Waals surface area contributed by atoms with Crippen LogP contribution in [0.5, 0.6) is 0 Å². The molecule has 116 valence electrons. The molecule has 0 saturated heterocycles. The van der Waals surface area contributed by atoms with Crippen LogP contribution in [-0.2, 0) is 11.2 Å². The van der Waals surface area contributed by atoms with Gasteiger partial charge in [0, 0.05) is 24.5 Å². The van der Waals surface area contributed by atoms with E-state index in [4.69, 9.17) is 0 Å². The number of fused-ring (bicyclic) bond motifs is 1. The Balaban J connectivity index is 1.95. The van der Waals surface area contributed by atoms with Gasteiger partial charge in [0.05, 0.1) is 5.25 Å². The molecule has 1 heterocycles. The van der Waals surface area contributed by atoms with Gasteiger partial charge in [0.15, 0.2) is 0 Å². The molecule has 1 amide bonds. The maximum atomic E-state index is 12.2. The van der Waals surface area contributed by atoms with Crippen LogP contribution in [0.2, 0.25) is 0 Å². The Bertz CT molecular complexity index is 490. The van der Waals surface area contributed by atoms with Gasteiger partial charge < -0.3 is 10.2 Å². The summed E-state index contributed by atoms with van der Waals surface area (Å²) in [4.78, 5) is 14.6.